The lowest BCUT2D eigenvalue weighted by molar-refractivity contribution is -0.112. The maximum Gasteiger partial charge on any atom is 0.266 e. The van der Waals surface area contributed by atoms with Crippen molar-refractivity contribution < 1.29 is 9.53 Å². The van der Waals surface area contributed by atoms with E-state index in [-0.39, 0.29) is 5.57 Å². The summed E-state index contributed by atoms with van der Waals surface area (Å²) in [5.41, 5.74) is 5.58. The average Bonchev–Trinajstić information content (AvgIpc) is 2.75. The Morgan fingerprint density at radius 2 is 1.79 bits per heavy atom. The highest BCUT2D eigenvalue weighted by Gasteiger charge is 2.14. The summed E-state index contributed by atoms with van der Waals surface area (Å²) in [4.78, 5) is 12.6. The summed E-state index contributed by atoms with van der Waals surface area (Å²) in [6.45, 7) is 6.51. The van der Waals surface area contributed by atoms with Crippen molar-refractivity contribution in [3.63, 3.8) is 0 Å². The largest absolute Gasteiger partial charge is 0.494 e. The third-order valence-corrected chi connectivity index (χ3v) is 5.78. The third kappa shape index (κ3) is 6.71. The summed E-state index contributed by atoms with van der Waals surface area (Å²) >= 11 is 10.0. The molecule has 1 amide bonds. The normalized spacial score (nSPS) is 11.1. The second kappa shape index (κ2) is 11.2. The molecule has 0 atom stereocenters. The zero-order valence-corrected chi connectivity index (χ0v) is 21.0. The summed E-state index contributed by atoms with van der Waals surface area (Å²) in [5.74, 6) is 0.147. The monoisotopic (exact) mass is 522 g/mol. The third-order valence-electron chi connectivity index (χ3n) is 4.92. The van der Waals surface area contributed by atoms with E-state index in [0.717, 1.165) is 15.6 Å². The number of carbonyl (C=O) groups is 1. The molecule has 0 aromatic heterocycles. The standard InChI is InChI=1S/C27H24BrClN2O2/c1-4-33-26-15-20(12-21(16-30)27(32)31-23-7-5-22(28)6-8-23)14-25(29)24(26)13-19-10-17(2)9-18(3)11-19/h5-12,14-15H,4,13H2,1-3H3,(H,31,32)/b21-12+. The van der Waals surface area contributed by atoms with Gasteiger partial charge >= 0.3 is 0 Å². The van der Waals surface area contributed by atoms with E-state index in [1.54, 1.807) is 18.2 Å². The lowest BCUT2D eigenvalue weighted by atomic mass is 9.98. The van der Waals surface area contributed by atoms with Gasteiger partial charge in [0.2, 0.25) is 0 Å². The van der Waals surface area contributed by atoms with Crippen LogP contribution in [-0.4, -0.2) is 12.5 Å². The van der Waals surface area contributed by atoms with Gasteiger partial charge < -0.3 is 10.1 Å². The van der Waals surface area contributed by atoms with Gasteiger partial charge in [0.1, 0.15) is 17.4 Å². The van der Waals surface area contributed by atoms with Gasteiger partial charge in [0.25, 0.3) is 5.91 Å². The van der Waals surface area contributed by atoms with Crippen LogP contribution >= 0.6 is 27.5 Å². The molecule has 0 bridgehead atoms. The molecule has 0 fully saturated rings. The van der Waals surface area contributed by atoms with Gasteiger partial charge in [-0.3, -0.25) is 4.79 Å². The molecule has 0 spiro atoms. The highest BCUT2D eigenvalue weighted by atomic mass is 79.9. The van der Waals surface area contributed by atoms with E-state index < -0.39 is 5.91 Å². The molecular weight excluding hydrogens is 500 g/mol. The summed E-state index contributed by atoms with van der Waals surface area (Å²) in [6, 6.07) is 19.1. The minimum absolute atomic E-state index is 0.0292. The van der Waals surface area contributed by atoms with Crippen molar-refractivity contribution in [1.29, 1.82) is 5.26 Å². The lowest BCUT2D eigenvalue weighted by Gasteiger charge is -2.14. The van der Waals surface area contributed by atoms with Crippen molar-refractivity contribution in [3.05, 3.63) is 97.5 Å². The molecule has 1 N–H and O–H groups in total. The number of hydrogen-bond acceptors (Lipinski definition) is 3. The number of nitriles is 1. The Balaban J connectivity index is 1.92. The van der Waals surface area contributed by atoms with Crippen LogP contribution in [0.3, 0.4) is 0 Å². The predicted octanol–water partition coefficient (Wildman–Crippen LogP) is 7.25. The molecule has 0 aliphatic rings. The maximum atomic E-state index is 12.6. The van der Waals surface area contributed by atoms with Crippen molar-refractivity contribution in [2.45, 2.75) is 27.2 Å². The van der Waals surface area contributed by atoms with Crippen LogP contribution in [0.1, 0.15) is 34.7 Å². The molecule has 0 aliphatic carbocycles. The van der Waals surface area contributed by atoms with E-state index in [4.69, 9.17) is 16.3 Å². The van der Waals surface area contributed by atoms with Crippen molar-refractivity contribution >= 4 is 45.2 Å². The van der Waals surface area contributed by atoms with E-state index in [1.807, 2.05) is 31.2 Å². The number of ether oxygens (including phenoxy) is 1. The minimum Gasteiger partial charge on any atom is -0.494 e. The van der Waals surface area contributed by atoms with Gasteiger partial charge in [-0.15, -0.1) is 0 Å². The van der Waals surface area contributed by atoms with Crippen molar-refractivity contribution in [1.82, 2.24) is 0 Å². The molecule has 3 aromatic carbocycles. The molecule has 33 heavy (non-hydrogen) atoms. The fourth-order valence-corrected chi connectivity index (χ4v) is 4.14. The Labute approximate surface area is 208 Å². The van der Waals surface area contributed by atoms with Crippen LogP contribution in [0.4, 0.5) is 5.69 Å². The molecule has 0 unspecified atom stereocenters. The number of carbonyl (C=O) groups excluding carboxylic acids is 1. The quantitative estimate of drug-likeness (QED) is 0.262. The highest BCUT2D eigenvalue weighted by molar-refractivity contribution is 9.10. The number of hydrogen-bond donors (Lipinski definition) is 1. The van der Waals surface area contributed by atoms with Gasteiger partial charge in [0.05, 0.1) is 6.61 Å². The van der Waals surface area contributed by atoms with Gasteiger partial charge in [-0.2, -0.15) is 5.26 Å². The van der Waals surface area contributed by atoms with Crippen LogP contribution < -0.4 is 10.1 Å². The maximum absolute atomic E-state index is 12.6. The summed E-state index contributed by atoms with van der Waals surface area (Å²) in [6.07, 6.45) is 2.14. The Hall–Kier alpha value is -3.07. The molecule has 168 valence electrons. The van der Waals surface area contributed by atoms with Gasteiger partial charge in [-0.1, -0.05) is 56.9 Å². The summed E-state index contributed by atoms with van der Waals surface area (Å²) in [5, 5.41) is 12.8. The number of rotatable bonds is 7. The van der Waals surface area contributed by atoms with E-state index in [1.165, 1.54) is 17.2 Å². The zero-order chi connectivity index (χ0) is 24.0. The first-order chi connectivity index (χ1) is 15.8. The molecule has 0 radical (unpaired) electrons. The van der Waals surface area contributed by atoms with E-state index in [2.05, 4.69) is 53.3 Å². The van der Waals surface area contributed by atoms with Crippen LogP contribution in [-0.2, 0) is 11.2 Å². The van der Waals surface area contributed by atoms with Crippen molar-refractivity contribution in [3.8, 4) is 11.8 Å². The first-order valence-corrected chi connectivity index (χ1v) is 11.7. The zero-order valence-electron chi connectivity index (χ0n) is 18.7. The van der Waals surface area contributed by atoms with Gasteiger partial charge in [-0.25, -0.2) is 0 Å². The Morgan fingerprint density at radius 3 is 2.39 bits per heavy atom. The molecule has 6 heteroatoms. The van der Waals surface area contributed by atoms with Gasteiger partial charge in [-0.05, 0) is 74.4 Å². The summed E-state index contributed by atoms with van der Waals surface area (Å²) < 4.78 is 6.77. The fraction of sp³-hybridized carbons (Fsp3) is 0.185. The molecule has 4 nitrogen and oxygen atoms in total. The summed E-state index contributed by atoms with van der Waals surface area (Å²) in [7, 11) is 0. The number of anilines is 1. The van der Waals surface area contributed by atoms with Crippen molar-refractivity contribution in [2.24, 2.45) is 0 Å². The molecular formula is C27H24BrClN2O2. The average molecular weight is 524 g/mol. The molecule has 3 rings (SSSR count). The van der Waals surface area contributed by atoms with E-state index in [0.29, 0.717) is 35.1 Å². The van der Waals surface area contributed by atoms with E-state index in [9.17, 15) is 10.1 Å². The molecule has 0 aliphatic heterocycles. The fourth-order valence-electron chi connectivity index (χ4n) is 3.59. The topological polar surface area (TPSA) is 62.1 Å². The van der Waals surface area contributed by atoms with Gasteiger partial charge in [0, 0.05) is 27.2 Å². The number of halogens is 2. The van der Waals surface area contributed by atoms with Crippen LogP contribution in [0.5, 0.6) is 5.75 Å². The molecule has 3 aromatic rings. The minimum atomic E-state index is -0.492. The van der Waals surface area contributed by atoms with Crippen molar-refractivity contribution in [2.75, 3.05) is 11.9 Å². The number of nitrogens with zero attached hydrogens (tertiary/aromatic N) is 1. The first-order valence-electron chi connectivity index (χ1n) is 10.5. The number of amides is 1. The molecule has 0 heterocycles. The van der Waals surface area contributed by atoms with Gasteiger partial charge in [0.15, 0.2) is 0 Å². The first kappa shape index (κ1) is 24.6. The SMILES string of the molecule is CCOc1cc(/C=C(\C#N)C(=O)Nc2ccc(Br)cc2)cc(Cl)c1Cc1cc(C)cc(C)c1. The highest BCUT2D eigenvalue weighted by Crippen LogP contribution is 2.32. The van der Waals surface area contributed by atoms with E-state index >= 15 is 0 Å². The lowest BCUT2D eigenvalue weighted by Crippen LogP contribution is -2.13. The Bertz CT molecular complexity index is 1220. The van der Waals surface area contributed by atoms with Crippen LogP contribution in [0.25, 0.3) is 6.08 Å². The second-order valence-corrected chi connectivity index (χ2v) is 9.04. The number of nitrogens with one attached hydrogen (secondary N) is 1. The Kier molecular flexibility index (Phi) is 8.32. The Morgan fingerprint density at radius 1 is 1.12 bits per heavy atom. The molecule has 0 saturated carbocycles. The number of benzene rings is 3. The second-order valence-electron chi connectivity index (χ2n) is 7.72. The predicted molar refractivity (Wildman–Crippen MR) is 138 cm³/mol. The number of aryl methyl sites for hydroxylation is 2. The van der Waals surface area contributed by atoms with Crippen LogP contribution in [0.15, 0.2) is 64.6 Å². The van der Waals surface area contributed by atoms with Crippen LogP contribution in [0.2, 0.25) is 5.02 Å². The smallest absolute Gasteiger partial charge is 0.266 e. The molecule has 0 saturated heterocycles. The van der Waals surface area contributed by atoms with Crippen LogP contribution in [0, 0.1) is 25.2 Å².